The number of carbonyl (C=O) groups excluding carboxylic acids is 1. The molecule has 1 amide bonds. The van der Waals surface area contributed by atoms with Crippen LogP contribution in [0.25, 0.3) is 0 Å². The summed E-state index contributed by atoms with van der Waals surface area (Å²) in [6.45, 7) is 0. The Morgan fingerprint density at radius 1 is 1.08 bits per heavy atom. The number of nitrogens with one attached hydrogen (secondary N) is 1. The average molecular weight is 360 g/mol. The maximum absolute atomic E-state index is 12.2. The van der Waals surface area contributed by atoms with Crippen LogP contribution >= 0.6 is 0 Å². The molecule has 10 heteroatoms. The standard InChI is InChI=1S/C14H11F3N2O4S/c15-14(16,17)23-11-2-1-3-12(8-11)24(21,22)19-10-6-4-9(5-7-10)13(18)20/h1-8,19H,(H2,18,20). The van der Waals surface area contributed by atoms with Crippen molar-refractivity contribution in [3.63, 3.8) is 0 Å². The van der Waals surface area contributed by atoms with E-state index in [0.29, 0.717) is 0 Å². The Kier molecular flexibility index (Phi) is 4.69. The van der Waals surface area contributed by atoms with E-state index in [9.17, 15) is 26.4 Å². The monoisotopic (exact) mass is 360 g/mol. The van der Waals surface area contributed by atoms with Gasteiger partial charge in [0, 0.05) is 17.3 Å². The van der Waals surface area contributed by atoms with Gasteiger partial charge in [0.2, 0.25) is 5.91 Å². The van der Waals surface area contributed by atoms with E-state index < -0.39 is 32.9 Å². The quantitative estimate of drug-likeness (QED) is 0.856. The summed E-state index contributed by atoms with van der Waals surface area (Å²) >= 11 is 0. The van der Waals surface area contributed by atoms with Crippen LogP contribution in [0.2, 0.25) is 0 Å². The molecular weight excluding hydrogens is 349 g/mol. The maximum atomic E-state index is 12.2. The summed E-state index contributed by atoms with van der Waals surface area (Å²) in [5.41, 5.74) is 5.36. The number of ether oxygens (including phenoxy) is 1. The lowest BCUT2D eigenvalue weighted by Gasteiger charge is -2.11. The predicted octanol–water partition coefficient (Wildman–Crippen LogP) is 2.48. The molecule has 2 aromatic carbocycles. The van der Waals surface area contributed by atoms with E-state index in [1.54, 1.807) is 0 Å². The zero-order chi connectivity index (χ0) is 18.0. The predicted molar refractivity (Wildman–Crippen MR) is 78.9 cm³/mol. The number of hydrogen-bond acceptors (Lipinski definition) is 4. The fourth-order valence-electron chi connectivity index (χ4n) is 1.76. The van der Waals surface area contributed by atoms with Gasteiger partial charge in [0.25, 0.3) is 10.0 Å². The Morgan fingerprint density at radius 2 is 1.71 bits per heavy atom. The molecule has 0 aliphatic heterocycles. The fourth-order valence-corrected chi connectivity index (χ4v) is 2.85. The van der Waals surface area contributed by atoms with Crippen LogP contribution in [0.1, 0.15) is 10.4 Å². The molecule has 0 saturated heterocycles. The van der Waals surface area contributed by atoms with E-state index in [1.807, 2.05) is 0 Å². The van der Waals surface area contributed by atoms with Crippen LogP contribution in [0.5, 0.6) is 5.75 Å². The molecule has 0 saturated carbocycles. The van der Waals surface area contributed by atoms with E-state index in [1.165, 1.54) is 24.3 Å². The van der Waals surface area contributed by atoms with Crippen LogP contribution in [-0.4, -0.2) is 20.7 Å². The van der Waals surface area contributed by atoms with Crippen LogP contribution in [0.15, 0.2) is 53.4 Å². The van der Waals surface area contributed by atoms with E-state index in [2.05, 4.69) is 9.46 Å². The van der Waals surface area contributed by atoms with E-state index in [-0.39, 0.29) is 11.3 Å². The van der Waals surface area contributed by atoms with E-state index >= 15 is 0 Å². The third kappa shape index (κ3) is 4.62. The number of rotatable bonds is 5. The first kappa shape index (κ1) is 17.6. The Labute approximate surface area is 135 Å². The highest BCUT2D eigenvalue weighted by Crippen LogP contribution is 2.26. The zero-order valence-electron chi connectivity index (χ0n) is 11.9. The van der Waals surface area contributed by atoms with Gasteiger partial charge in [-0.25, -0.2) is 8.42 Å². The Morgan fingerprint density at radius 3 is 2.25 bits per heavy atom. The molecule has 0 fully saturated rings. The van der Waals surface area contributed by atoms with Gasteiger partial charge in [-0.3, -0.25) is 9.52 Å². The lowest BCUT2D eigenvalue weighted by Crippen LogP contribution is -2.18. The molecule has 0 atom stereocenters. The summed E-state index contributed by atoms with van der Waals surface area (Å²) in [6.07, 6.45) is -4.93. The van der Waals surface area contributed by atoms with Crippen LogP contribution < -0.4 is 15.2 Å². The van der Waals surface area contributed by atoms with Crippen molar-refractivity contribution in [2.45, 2.75) is 11.3 Å². The number of amides is 1. The van der Waals surface area contributed by atoms with Gasteiger partial charge in [-0.15, -0.1) is 13.2 Å². The fraction of sp³-hybridized carbons (Fsp3) is 0.0714. The molecule has 0 aliphatic carbocycles. The molecule has 6 nitrogen and oxygen atoms in total. The number of alkyl halides is 3. The Bertz CT molecular complexity index is 849. The molecular formula is C14H11F3N2O4S. The lowest BCUT2D eigenvalue weighted by atomic mass is 10.2. The van der Waals surface area contributed by atoms with Crippen molar-refractivity contribution in [2.75, 3.05) is 4.72 Å². The SMILES string of the molecule is NC(=O)c1ccc(NS(=O)(=O)c2cccc(OC(F)(F)F)c2)cc1. The summed E-state index contributed by atoms with van der Waals surface area (Å²) in [5.74, 6) is -1.34. The smallest absolute Gasteiger partial charge is 0.406 e. The summed E-state index contributed by atoms with van der Waals surface area (Å²) in [6, 6.07) is 9.17. The largest absolute Gasteiger partial charge is 0.573 e. The molecule has 2 aromatic rings. The normalized spacial score (nSPS) is 11.8. The van der Waals surface area contributed by atoms with Crippen LogP contribution in [0.4, 0.5) is 18.9 Å². The van der Waals surface area contributed by atoms with Gasteiger partial charge in [0.05, 0.1) is 4.90 Å². The molecule has 0 aliphatic rings. The van der Waals surface area contributed by atoms with Crippen molar-refractivity contribution in [2.24, 2.45) is 5.73 Å². The highest BCUT2D eigenvalue weighted by Gasteiger charge is 2.31. The van der Waals surface area contributed by atoms with Gasteiger partial charge in [-0.1, -0.05) is 6.07 Å². The number of sulfonamides is 1. The molecule has 128 valence electrons. The molecule has 3 N–H and O–H groups in total. The van der Waals surface area contributed by atoms with Gasteiger partial charge in [0.1, 0.15) is 5.75 Å². The highest BCUT2D eigenvalue weighted by molar-refractivity contribution is 7.92. The van der Waals surface area contributed by atoms with Crippen LogP contribution in [0.3, 0.4) is 0 Å². The highest BCUT2D eigenvalue weighted by atomic mass is 32.2. The number of benzene rings is 2. The van der Waals surface area contributed by atoms with Gasteiger partial charge in [-0.2, -0.15) is 0 Å². The van der Waals surface area contributed by atoms with Gasteiger partial charge >= 0.3 is 6.36 Å². The van der Waals surface area contributed by atoms with Crippen molar-refractivity contribution in [1.29, 1.82) is 0 Å². The van der Waals surface area contributed by atoms with Gasteiger partial charge in [0.15, 0.2) is 0 Å². The van der Waals surface area contributed by atoms with Crippen molar-refractivity contribution < 1.29 is 31.1 Å². The average Bonchev–Trinajstić information content (AvgIpc) is 2.46. The minimum absolute atomic E-state index is 0.113. The molecule has 0 heterocycles. The molecule has 0 spiro atoms. The first-order valence-electron chi connectivity index (χ1n) is 6.35. The summed E-state index contributed by atoms with van der Waals surface area (Å²) < 4.78 is 66.8. The van der Waals surface area contributed by atoms with Crippen LogP contribution in [0, 0.1) is 0 Å². The second-order valence-electron chi connectivity index (χ2n) is 4.57. The van der Waals surface area contributed by atoms with Gasteiger partial charge < -0.3 is 10.5 Å². The Hall–Kier alpha value is -2.75. The first-order chi connectivity index (χ1) is 11.1. The summed E-state index contributed by atoms with van der Waals surface area (Å²) in [4.78, 5) is 10.5. The number of anilines is 1. The number of nitrogens with two attached hydrogens (primary N) is 1. The summed E-state index contributed by atoms with van der Waals surface area (Å²) in [7, 11) is -4.14. The molecule has 0 radical (unpaired) electrons. The minimum atomic E-state index is -4.93. The first-order valence-corrected chi connectivity index (χ1v) is 7.84. The number of hydrogen-bond donors (Lipinski definition) is 2. The number of carbonyl (C=O) groups is 1. The van der Waals surface area contributed by atoms with E-state index in [0.717, 1.165) is 24.3 Å². The maximum Gasteiger partial charge on any atom is 0.573 e. The minimum Gasteiger partial charge on any atom is -0.406 e. The second-order valence-corrected chi connectivity index (χ2v) is 6.25. The van der Waals surface area contributed by atoms with E-state index in [4.69, 9.17) is 5.73 Å². The third-order valence-electron chi connectivity index (χ3n) is 2.77. The van der Waals surface area contributed by atoms with Crippen molar-refractivity contribution >= 4 is 21.6 Å². The topological polar surface area (TPSA) is 98.5 Å². The van der Waals surface area contributed by atoms with Crippen LogP contribution in [-0.2, 0) is 10.0 Å². The van der Waals surface area contributed by atoms with Crippen molar-refractivity contribution in [3.8, 4) is 5.75 Å². The molecule has 2 rings (SSSR count). The van der Waals surface area contributed by atoms with Gasteiger partial charge in [-0.05, 0) is 36.4 Å². The lowest BCUT2D eigenvalue weighted by molar-refractivity contribution is -0.274. The number of primary amides is 1. The molecule has 24 heavy (non-hydrogen) atoms. The number of halogens is 3. The second kappa shape index (κ2) is 6.40. The summed E-state index contributed by atoms with van der Waals surface area (Å²) in [5, 5.41) is 0. The zero-order valence-corrected chi connectivity index (χ0v) is 12.7. The van der Waals surface area contributed by atoms with Crippen molar-refractivity contribution in [1.82, 2.24) is 0 Å². The van der Waals surface area contributed by atoms with Crippen molar-refractivity contribution in [3.05, 3.63) is 54.1 Å². The molecule has 0 bridgehead atoms. The molecule has 0 aromatic heterocycles. The Balaban J connectivity index is 2.24. The molecule has 0 unspecified atom stereocenters. The third-order valence-corrected chi connectivity index (χ3v) is 4.15.